The van der Waals surface area contributed by atoms with Crippen molar-refractivity contribution < 1.29 is 9.53 Å². The summed E-state index contributed by atoms with van der Waals surface area (Å²) in [6, 6.07) is 14.0. The number of anilines is 1. The molecule has 1 aromatic carbocycles. The van der Waals surface area contributed by atoms with Crippen LogP contribution >= 0.6 is 0 Å². The van der Waals surface area contributed by atoms with Gasteiger partial charge in [0.25, 0.3) is 0 Å². The van der Waals surface area contributed by atoms with Crippen molar-refractivity contribution in [3.63, 3.8) is 0 Å². The maximum absolute atomic E-state index is 12.5. The Kier molecular flexibility index (Phi) is 6.47. The summed E-state index contributed by atoms with van der Waals surface area (Å²) in [7, 11) is 0. The van der Waals surface area contributed by atoms with Crippen molar-refractivity contribution in [2.75, 3.05) is 31.1 Å². The first-order valence-corrected chi connectivity index (χ1v) is 9.41. The van der Waals surface area contributed by atoms with Gasteiger partial charge in [-0.05, 0) is 56.0 Å². The second-order valence-corrected chi connectivity index (χ2v) is 6.59. The largest absolute Gasteiger partial charge is 0.494 e. The number of piperidine rings is 1. The van der Waals surface area contributed by atoms with Gasteiger partial charge in [-0.25, -0.2) is 4.98 Å². The summed E-state index contributed by atoms with van der Waals surface area (Å²) in [5.74, 6) is 2.03. The van der Waals surface area contributed by atoms with E-state index in [1.165, 1.54) is 5.56 Å². The third-order valence-electron chi connectivity index (χ3n) is 4.71. The zero-order valence-electron chi connectivity index (χ0n) is 15.4. The lowest BCUT2D eigenvalue weighted by molar-refractivity contribution is -0.125. The lowest BCUT2D eigenvalue weighted by Crippen LogP contribution is -2.43. The maximum Gasteiger partial charge on any atom is 0.224 e. The average Bonchev–Trinajstić information content (AvgIpc) is 2.70. The first-order chi connectivity index (χ1) is 12.8. The summed E-state index contributed by atoms with van der Waals surface area (Å²) in [5, 5.41) is 3.10. The molecule has 26 heavy (non-hydrogen) atoms. The molecule has 0 saturated carbocycles. The quantitative estimate of drug-likeness (QED) is 0.831. The molecular formula is C21H27N3O2. The highest BCUT2D eigenvalue weighted by Gasteiger charge is 2.26. The van der Waals surface area contributed by atoms with Gasteiger partial charge < -0.3 is 15.0 Å². The Morgan fingerprint density at radius 2 is 2.12 bits per heavy atom. The number of ether oxygens (including phenoxy) is 1. The molecule has 1 N–H and O–H groups in total. The van der Waals surface area contributed by atoms with Crippen molar-refractivity contribution >= 4 is 11.7 Å². The van der Waals surface area contributed by atoms with Crippen LogP contribution in [0.1, 0.15) is 25.3 Å². The van der Waals surface area contributed by atoms with Gasteiger partial charge in [0.15, 0.2) is 0 Å². The fraction of sp³-hybridized carbons (Fsp3) is 0.429. The molecule has 0 radical (unpaired) electrons. The third kappa shape index (κ3) is 4.97. The molecule has 1 atom stereocenters. The van der Waals surface area contributed by atoms with Gasteiger partial charge >= 0.3 is 0 Å². The summed E-state index contributed by atoms with van der Waals surface area (Å²) in [4.78, 5) is 19.1. The topological polar surface area (TPSA) is 54.5 Å². The predicted molar refractivity (Wildman–Crippen MR) is 103 cm³/mol. The van der Waals surface area contributed by atoms with Crippen LogP contribution in [0.4, 0.5) is 5.82 Å². The number of hydrogen-bond donors (Lipinski definition) is 1. The molecular weight excluding hydrogens is 326 g/mol. The van der Waals surface area contributed by atoms with Crippen LogP contribution in [0.3, 0.4) is 0 Å². The van der Waals surface area contributed by atoms with Crippen LogP contribution in [0.5, 0.6) is 5.75 Å². The van der Waals surface area contributed by atoms with Gasteiger partial charge in [0.05, 0.1) is 12.5 Å². The summed E-state index contributed by atoms with van der Waals surface area (Å²) in [5.41, 5.74) is 1.20. The minimum Gasteiger partial charge on any atom is -0.494 e. The molecule has 0 aliphatic carbocycles. The van der Waals surface area contributed by atoms with Crippen molar-refractivity contribution in [2.45, 2.75) is 26.2 Å². The molecule has 2 heterocycles. The van der Waals surface area contributed by atoms with E-state index in [1.54, 1.807) is 6.20 Å². The Morgan fingerprint density at radius 1 is 1.27 bits per heavy atom. The summed E-state index contributed by atoms with van der Waals surface area (Å²) in [6.07, 6.45) is 4.59. The standard InChI is InChI=1S/C21H27N3O2/c1-2-26-19-10-8-17(9-11-19)12-14-23-21(25)18-6-5-15-24(16-18)20-7-3-4-13-22-20/h3-4,7-11,13,18H,2,5-6,12,14-16H2,1H3,(H,23,25). The summed E-state index contributed by atoms with van der Waals surface area (Å²) in [6.45, 7) is 5.02. The van der Waals surface area contributed by atoms with Crippen LogP contribution in [-0.4, -0.2) is 37.1 Å². The van der Waals surface area contributed by atoms with Crippen molar-refractivity contribution in [1.82, 2.24) is 10.3 Å². The zero-order valence-corrected chi connectivity index (χ0v) is 15.4. The highest BCUT2D eigenvalue weighted by atomic mass is 16.5. The molecule has 1 aliphatic heterocycles. The molecule has 0 bridgehead atoms. The number of nitrogens with zero attached hydrogens (tertiary/aromatic N) is 2. The first-order valence-electron chi connectivity index (χ1n) is 9.41. The maximum atomic E-state index is 12.5. The van der Waals surface area contributed by atoms with Crippen molar-refractivity contribution in [2.24, 2.45) is 5.92 Å². The van der Waals surface area contributed by atoms with Gasteiger partial charge in [-0.1, -0.05) is 18.2 Å². The fourth-order valence-corrected chi connectivity index (χ4v) is 3.33. The Hall–Kier alpha value is -2.56. The van der Waals surface area contributed by atoms with Gasteiger partial charge in [0, 0.05) is 25.8 Å². The molecule has 0 spiro atoms. The van der Waals surface area contributed by atoms with Crippen molar-refractivity contribution in [3.05, 3.63) is 54.2 Å². The minimum atomic E-state index is 0.0334. The predicted octanol–water partition coefficient (Wildman–Crippen LogP) is 3.06. The van der Waals surface area contributed by atoms with E-state index < -0.39 is 0 Å². The lowest BCUT2D eigenvalue weighted by Gasteiger charge is -2.32. The number of hydrogen-bond acceptors (Lipinski definition) is 4. The van der Waals surface area contributed by atoms with Gasteiger partial charge in [-0.15, -0.1) is 0 Å². The molecule has 5 nitrogen and oxygen atoms in total. The highest BCUT2D eigenvalue weighted by Crippen LogP contribution is 2.21. The van der Waals surface area contributed by atoms with E-state index in [1.807, 2.05) is 37.3 Å². The van der Waals surface area contributed by atoms with Gasteiger partial charge in [0.1, 0.15) is 11.6 Å². The average molecular weight is 353 g/mol. The van der Waals surface area contributed by atoms with E-state index >= 15 is 0 Å². The number of nitrogens with one attached hydrogen (secondary N) is 1. The molecule has 1 saturated heterocycles. The SMILES string of the molecule is CCOc1ccc(CCNC(=O)C2CCCN(c3ccccn3)C2)cc1. The fourth-order valence-electron chi connectivity index (χ4n) is 3.33. The lowest BCUT2D eigenvalue weighted by atomic mass is 9.97. The summed E-state index contributed by atoms with van der Waals surface area (Å²) >= 11 is 0. The van der Waals surface area contributed by atoms with Crippen LogP contribution < -0.4 is 15.0 Å². The Balaban J connectivity index is 1.45. The molecule has 3 rings (SSSR count). The molecule has 1 aliphatic rings. The molecule has 2 aromatic rings. The number of aromatic nitrogens is 1. The smallest absolute Gasteiger partial charge is 0.224 e. The van der Waals surface area contributed by atoms with E-state index in [2.05, 4.69) is 27.3 Å². The van der Waals surface area contributed by atoms with Crippen LogP contribution in [-0.2, 0) is 11.2 Å². The first kappa shape index (κ1) is 18.2. The highest BCUT2D eigenvalue weighted by molar-refractivity contribution is 5.79. The van der Waals surface area contributed by atoms with Gasteiger partial charge in [-0.3, -0.25) is 4.79 Å². The minimum absolute atomic E-state index is 0.0334. The molecule has 5 heteroatoms. The number of benzene rings is 1. The molecule has 1 fully saturated rings. The van der Waals surface area contributed by atoms with Crippen LogP contribution in [0.15, 0.2) is 48.7 Å². The second kappa shape index (κ2) is 9.22. The summed E-state index contributed by atoms with van der Waals surface area (Å²) < 4.78 is 5.45. The number of amides is 1. The van der Waals surface area contributed by atoms with Crippen LogP contribution in [0.25, 0.3) is 0 Å². The number of pyridine rings is 1. The Morgan fingerprint density at radius 3 is 2.85 bits per heavy atom. The Labute approximate surface area is 155 Å². The normalized spacial score (nSPS) is 17.0. The molecule has 1 unspecified atom stereocenters. The molecule has 1 aromatic heterocycles. The zero-order chi connectivity index (χ0) is 18.2. The molecule has 138 valence electrons. The second-order valence-electron chi connectivity index (χ2n) is 6.59. The van der Waals surface area contributed by atoms with E-state index in [0.29, 0.717) is 13.2 Å². The van der Waals surface area contributed by atoms with Crippen molar-refractivity contribution in [1.29, 1.82) is 0 Å². The van der Waals surface area contributed by atoms with Crippen molar-refractivity contribution in [3.8, 4) is 5.75 Å². The number of rotatable bonds is 7. The third-order valence-corrected chi connectivity index (χ3v) is 4.71. The van der Waals surface area contributed by atoms with E-state index in [4.69, 9.17) is 4.74 Å². The van der Waals surface area contributed by atoms with Gasteiger partial charge in [-0.2, -0.15) is 0 Å². The van der Waals surface area contributed by atoms with E-state index in [-0.39, 0.29) is 11.8 Å². The molecule has 1 amide bonds. The Bertz CT molecular complexity index is 688. The number of carbonyl (C=O) groups excluding carboxylic acids is 1. The van der Waals surface area contributed by atoms with E-state index in [0.717, 1.165) is 43.9 Å². The monoisotopic (exact) mass is 353 g/mol. The number of carbonyl (C=O) groups is 1. The van der Waals surface area contributed by atoms with Crippen LogP contribution in [0, 0.1) is 5.92 Å². The van der Waals surface area contributed by atoms with E-state index in [9.17, 15) is 4.79 Å². The van der Waals surface area contributed by atoms with Crippen LogP contribution in [0.2, 0.25) is 0 Å². The van der Waals surface area contributed by atoms with Gasteiger partial charge in [0.2, 0.25) is 5.91 Å².